The maximum atomic E-state index is 13.5. The van der Waals surface area contributed by atoms with E-state index in [9.17, 15) is 18.4 Å². The van der Waals surface area contributed by atoms with Crippen LogP contribution in [-0.2, 0) is 4.79 Å². The van der Waals surface area contributed by atoms with Crippen LogP contribution in [0.4, 0.5) is 14.5 Å². The van der Waals surface area contributed by atoms with Crippen molar-refractivity contribution in [2.45, 2.75) is 44.2 Å². The van der Waals surface area contributed by atoms with E-state index in [0.29, 0.717) is 17.9 Å². The number of carbonyl (C=O) groups excluding carboxylic acids is 2. The average molecular weight is 384 g/mol. The lowest BCUT2D eigenvalue weighted by molar-refractivity contribution is -0.120. The number of hydrogen-bond donors (Lipinski definition) is 1. The van der Waals surface area contributed by atoms with E-state index >= 15 is 0 Å². The molecular weight excluding hydrogens is 362 g/mol. The number of anilines is 1. The van der Waals surface area contributed by atoms with Gasteiger partial charge in [0.25, 0.3) is 5.91 Å². The number of nitrogens with zero attached hydrogens (tertiary/aromatic N) is 1. The fraction of sp³-hybridized carbons (Fsp3) is 0.364. The van der Waals surface area contributed by atoms with E-state index in [1.54, 1.807) is 29.2 Å². The van der Waals surface area contributed by atoms with Crippen molar-refractivity contribution in [3.05, 3.63) is 65.7 Å². The van der Waals surface area contributed by atoms with Gasteiger partial charge in [-0.2, -0.15) is 0 Å². The molecule has 2 aromatic rings. The SMILES string of the molecule is O=C(Nc1ccc(F)c(F)c1)C1CC2CCCCC2N1C(=O)c1ccccc1. The predicted octanol–water partition coefficient (Wildman–Crippen LogP) is 4.38. The average Bonchev–Trinajstić information content (AvgIpc) is 3.10. The molecule has 0 spiro atoms. The minimum atomic E-state index is -1.02. The zero-order valence-electron chi connectivity index (χ0n) is 15.4. The molecule has 2 aliphatic rings. The molecule has 0 bridgehead atoms. The first-order valence-electron chi connectivity index (χ1n) is 9.68. The van der Waals surface area contributed by atoms with Gasteiger partial charge in [0.2, 0.25) is 5.91 Å². The molecule has 4 rings (SSSR count). The summed E-state index contributed by atoms with van der Waals surface area (Å²) in [6.45, 7) is 0. The summed E-state index contributed by atoms with van der Waals surface area (Å²) in [5.41, 5.74) is 0.741. The maximum absolute atomic E-state index is 13.5. The molecule has 146 valence electrons. The first kappa shape index (κ1) is 18.6. The molecule has 1 aliphatic heterocycles. The van der Waals surface area contributed by atoms with Crippen LogP contribution in [0, 0.1) is 17.6 Å². The van der Waals surface area contributed by atoms with Crippen molar-refractivity contribution in [2.75, 3.05) is 5.32 Å². The van der Waals surface area contributed by atoms with Crippen molar-refractivity contribution < 1.29 is 18.4 Å². The number of benzene rings is 2. The highest BCUT2D eigenvalue weighted by atomic mass is 19.2. The number of carbonyl (C=O) groups is 2. The molecule has 0 aromatic heterocycles. The Hall–Kier alpha value is -2.76. The molecule has 4 nitrogen and oxygen atoms in total. The molecule has 1 aliphatic carbocycles. The highest BCUT2D eigenvalue weighted by Crippen LogP contribution is 2.40. The summed E-state index contributed by atoms with van der Waals surface area (Å²) in [5.74, 6) is -2.20. The predicted molar refractivity (Wildman–Crippen MR) is 102 cm³/mol. The molecule has 2 aromatic carbocycles. The van der Waals surface area contributed by atoms with Crippen molar-refractivity contribution in [1.82, 2.24) is 4.90 Å². The topological polar surface area (TPSA) is 49.4 Å². The maximum Gasteiger partial charge on any atom is 0.254 e. The molecule has 2 amide bonds. The van der Waals surface area contributed by atoms with Gasteiger partial charge < -0.3 is 10.2 Å². The number of halogens is 2. The first-order chi connectivity index (χ1) is 13.5. The van der Waals surface area contributed by atoms with E-state index in [4.69, 9.17) is 0 Å². The summed E-state index contributed by atoms with van der Waals surface area (Å²) in [6.07, 6.45) is 4.62. The van der Waals surface area contributed by atoms with Crippen LogP contribution in [0.25, 0.3) is 0 Å². The lowest BCUT2D eigenvalue weighted by atomic mass is 9.84. The van der Waals surface area contributed by atoms with Crippen LogP contribution in [0.15, 0.2) is 48.5 Å². The second-order valence-electron chi connectivity index (χ2n) is 7.56. The molecule has 0 radical (unpaired) electrons. The van der Waals surface area contributed by atoms with E-state index in [1.165, 1.54) is 6.07 Å². The van der Waals surface area contributed by atoms with Crippen LogP contribution >= 0.6 is 0 Å². The Bertz CT molecular complexity index is 887. The monoisotopic (exact) mass is 384 g/mol. The Labute approximate surface area is 162 Å². The lowest BCUT2D eigenvalue weighted by Gasteiger charge is -2.33. The molecule has 1 N–H and O–H groups in total. The van der Waals surface area contributed by atoms with Crippen molar-refractivity contribution in [1.29, 1.82) is 0 Å². The zero-order chi connectivity index (χ0) is 19.7. The van der Waals surface area contributed by atoms with Crippen molar-refractivity contribution in [3.63, 3.8) is 0 Å². The largest absolute Gasteiger partial charge is 0.324 e. The fourth-order valence-electron chi connectivity index (χ4n) is 4.52. The van der Waals surface area contributed by atoms with Crippen molar-refractivity contribution in [2.24, 2.45) is 5.92 Å². The Balaban J connectivity index is 1.60. The van der Waals surface area contributed by atoms with E-state index in [1.807, 2.05) is 6.07 Å². The molecule has 3 unspecified atom stereocenters. The summed E-state index contributed by atoms with van der Waals surface area (Å²) in [5, 5.41) is 2.66. The van der Waals surface area contributed by atoms with E-state index in [0.717, 1.165) is 37.8 Å². The minimum Gasteiger partial charge on any atom is -0.324 e. The van der Waals surface area contributed by atoms with Crippen LogP contribution < -0.4 is 5.32 Å². The smallest absolute Gasteiger partial charge is 0.254 e. The summed E-state index contributed by atoms with van der Waals surface area (Å²) in [7, 11) is 0. The number of fused-ring (bicyclic) bond motifs is 1. The van der Waals surface area contributed by atoms with Gasteiger partial charge in [0, 0.05) is 23.4 Å². The van der Waals surface area contributed by atoms with Gasteiger partial charge in [0.05, 0.1) is 0 Å². The highest BCUT2D eigenvalue weighted by molar-refractivity contribution is 6.01. The summed E-state index contributed by atoms with van der Waals surface area (Å²) < 4.78 is 26.6. The standard InChI is InChI=1S/C22H22F2N2O2/c23-17-11-10-16(13-18(17)24)25-21(27)20-12-15-8-4-5-9-19(15)26(20)22(28)14-6-2-1-3-7-14/h1-3,6-7,10-11,13,15,19-20H,4-5,8-9,12H2,(H,25,27). The normalized spacial score (nSPS) is 23.9. The molecule has 1 saturated heterocycles. The summed E-state index contributed by atoms with van der Waals surface area (Å²) >= 11 is 0. The van der Waals surface area contributed by atoms with Crippen LogP contribution in [0.2, 0.25) is 0 Å². The second-order valence-corrected chi connectivity index (χ2v) is 7.56. The highest BCUT2D eigenvalue weighted by Gasteiger charge is 2.47. The van der Waals surface area contributed by atoms with Gasteiger partial charge >= 0.3 is 0 Å². The van der Waals surface area contributed by atoms with Gasteiger partial charge in [-0.05, 0) is 49.4 Å². The van der Waals surface area contributed by atoms with E-state index in [-0.39, 0.29) is 23.5 Å². The van der Waals surface area contributed by atoms with Gasteiger partial charge in [-0.15, -0.1) is 0 Å². The molecule has 6 heteroatoms. The van der Waals surface area contributed by atoms with Crippen LogP contribution in [-0.4, -0.2) is 28.8 Å². The molecule has 2 fully saturated rings. The molecule has 1 saturated carbocycles. The molecular formula is C22H22F2N2O2. The van der Waals surface area contributed by atoms with Gasteiger partial charge in [0.1, 0.15) is 6.04 Å². The van der Waals surface area contributed by atoms with E-state index < -0.39 is 17.7 Å². The van der Waals surface area contributed by atoms with E-state index in [2.05, 4.69) is 5.32 Å². The second kappa shape index (κ2) is 7.70. The number of nitrogens with one attached hydrogen (secondary N) is 1. The van der Waals surface area contributed by atoms with Crippen molar-refractivity contribution >= 4 is 17.5 Å². The Morgan fingerprint density at radius 1 is 0.964 bits per heavy atom. The van der Waals surface area contributed by atoms with Gasteiger partial charge in [-0.25, -0.2) is 8.78 Å². The Kier molecular flexibility index (Phi) is 5.11. The van der Waals surface area contributed by atoms with Gasteiger partial charge in [-0.1, -0.05) is 31.0 Å². The number of hydrogen-bond acceptors (Lipinski definition) is 2. The molecule has 28 heavy (non-hydrogen) atoms. The lowest BCUT2D eigenvalue weighted by Crippen LogP contribution is -2.47. The van der Waals surface area contributed by atoms with Crippen LogP contribution in [0.5, 0.6) is 0 Å². The van der Waals surface area contributed by atoms with Gasteiger partial charge in [-0.3, -0.25) is 9.59 Å². The van der Waals surface area contributed by atoms with Crippen LogP contribution in [0.3, 0.4) is 0 Å². The summed E-state index contributed by atoms with van der Waals surface area (Å²) in [4.78, 5) is 27.9. The third-order valence-corrected chi connectivity index (χ3v) is 5.83. The third-order valence-electron chi connectivity index (χ3n) is 5.83. The minimum absolute atomic E-state index is 0.0437. The van der Waals surface area contributed by atoms with Crippen LogP contribution in [0.1, 0.15) is 42.5 Å². The zero-order valence-corrected chi connectivity index (χ0v) is 15.4. The molecule has 3 atom stereocenters. The number of likely N-dealkylation sites (tertiary alicyclic amines) is 1. The fourth-order valence-corrected chi connectivity index (χ4v) is 4.52. The van der Waals surface area contributed by atoms with Crippen molar-refractivity contribution in [3.8, 4) is 0 Å². The summed E-state index contributed by atoms with van der Waals surface area (Å²) in [6, 6.07) is 11.6. The number of amides is 2. The first-order valence-corrected chi connectivity index (χ1v) is 9.68. The Morgan fingerprint density at radius 2 is 1.71 bits per heavy atom. The molecule has 1 heterocycles. The number of rotatable bonds is 3. The van der Waals surface area contributed by atoms with Gasteiger partial charge in [0.15, 0.2) is 11.6 Å². The third kappa shape index (κ3) is 3.51. The Morgan fingerprint density at radius 3 is 2.46 bits per heavy atom. The quantitative estimate of drug-likeness (QED) is 0.854.